The summed E-state index contributed by atoms with van der Waals surface area (Å²) in [5.74, 6) is 0.821. The molecule has 0 aliphatic heterocycles. The molecule has 1 rings (SSSR count). The van der Waals surface area contributed by atoms with Crippen molar-refractivity contribution < 1.29 is 9.84 Å². The number of nitrogens with one attached hydrogen (secondary N) is 1. The molecule has 0 aliphatic carbocycles. The van der Waals surface area contributed by atoms with Crippen LogP contribution in [0.2, 0.25) is 0 Å². The molecule has 0 aromatic heterocycles. The van der Waals surface area contributed by atoms with Crippen LogP contribution >= 0.6 is 0 Å². The molecule has 2 atom stereocenters. The van der Waals surface area contributed by atoms with E-state index in [-0.39, 0.29) is 0 Å². The van der Waals surface area contributed by atoms with E-state index in [4.69, 9.17) is 4.74 Å². The molecule has 1 aromatic rings. The zero-order valence-corrected chi connectivity index (χ0v) is 13.8. The molecular weight excluding hydrogens is 262 g/mol. The molecule has 0 amide bonds. The minimum atomic E-state index is -0.469. The van der Waals surface area contributed by atoms with Crippen molar-refractivity contribution in [3.8, 4) is 5.75 Å². The summed E-state index contributed by atoms with van der Waals surface area (Å²) in [6, 6.07) is 8.36. The lowest BCUT2D eigenvalue weighted by molar-refractivity contribution is 0.103. The molecule has 0 spiro atoms. The van der Waals surface area contributed by atoms with E-state index in [1.807, 2.05) is 31.2 Å². The average Bonchev–Trinajstić information content (AvgIpc) is 2.47. The Bertz CT molecular complexity index is 381. The van der Waals surface area contributed by atoms with E-state index in [1.54, 1.807) is 0 Å². The molecule has 0 unspecified atom stereocenters. The highest BCUT2D eigenvalue weighted by Crippen LogP contribution is 2.12. The lowest BCUT2D eigenvalue weighted by Crippen LogP contribution is -2.36. The molecule has 0 bridgehead atoms. The predicted octanol–water partition coefficient (Wildman–Crippen LogP) is 3.68. The topological polar surface area (TPSA) is 41.5 Å². The SMILES string of the molecule is CCCCCC[C@@H](C)NC[C@@H](O)COc1cccc(C)c1. The second-order valence-corrected chi connectivity index (χ2v) is 5.94. The standard InChI is InChI=1S/C18H31NO2/c1-4-5-6-7-10-16(3)19-13-17(20)14-21-18-11-8-9-15(2)12-18/h8-9,11-12,16-17,19-20H,4-7,10,13-14H2,1-3H3/t16-,17-/m1/s1. The number of aliphatic hydroxyl groups is 1. The fourth-order valence-corrected chi connectivity index (χ4v) is 2.27. The molecule has 1 aromatic carbocycles. The molecule has 0 saturated heterocycles. The van der Waals surface area contributed by atoms with Gasteiger partial charge in [-0.15, -0.1) is 0 Å². The van der Waals surface area contributed by atoms with Crippen LogP contribution in [-0.4, -0.2) is 30.4 Å². The first kappa shape index (κ1) is 18.0. The second kappa shape index (κ2) is 10.6. The summed E-state index contributed by atoms with van der Waals surface area (Å²) in [6.07, 6.45) is 5.87. The third-order valence-electron chi connectivity index (χ3n) is 3.62. The number of aryl methyl sites for hydroxylation is 1. The highest BCUT2D eigenvalue weighted by atomic mass is 16.5. The monoisotopic (exact) mass is 293 g/mol. The molecule has 21 heavy (non-hydrogen) atoms. The predicted molar refractivity (Wildman–Crippen MR) is 88.9 cm³/mol. The molecule has 120 valence electrons. The third kappa shape index (κ3) is 8.74. The minimum Gasteiger partial charge on any atom is -0.491 e. The summed E-state index contributed by atoms with van der Waals surface area (Å²) < 4.78 is 5.60. The van der Waals surface area contributed by atoms with Gasteiger partial charge in [-0.3, -0.25) is 0 Å². The summed E-state index contributed by atoms with van der Waals surface area (Å²) >= 11 is 0. The van der Waals surface area contributed by atoms with Crippen LogP contribution in [-0.2, 0) is 0 Å². The van der Waals surface area contributed by atoms with Crippen molar-refractivity contribution in [1.29, 1.82) is 0 Å². The van der Waals surface area contributed by atoms with Crippen molar-refractivity contribution in [2.45, 2.75) is 65.0 Å². The highest BCUT2D eigenvalue weighted by Gasteiger charge is 2.08. The van der Waals surface area contributed by atoms with E-state index >= 15 is 0 Å². The van der Waals surface area contributed by atoms with Gasteiger partial charge < -0.3 is 15.2 Å². The van der Waals surface area contributed by atoms with Gasteiger partial charge in [0, 0.05) is 12.6 Å². The Balaban J connectivity index is 2.11. The lowest BCUT2D eigenvalue weighted by atomic mass is 10.1. The first-order chi connectivity index (χ1) is 10.1. The van der Waals surface area contributed by atoms with Crippen LogP contribution in [0.3, 0.4) is 0 Å². The van der Waals surface area contributed by atoms with Crippen molar-refractivity contribution >= 4 is 0 Å². The van der Waals surface area contributed by atoms with Crippen molar-refractivity contribution in [3.05, 3.63) is 29.8 Å². The van der Waals surface area contributed by atoms with Gasteiger partial charge in [-0.1, -0.05) is 44.7 Å². The normalized spacial score (nSPS) is 13.9. The fraction of sp³-hybridized carbons (Fsp3) is 0.667. The molecule has 0 heterocycles. The molecule has 3 heteroatoms. The van der Waals surface area contributed by atoms with Crippen LogP contribution < -0.4 is 10.1 Å². The van der Waals surface area contributed by atoms with E-state index in [9.17, 15) is 5.11 Å². The van der Waals surface area contributed by atoms with E-state index in [0.29, 0.717) is 19.2 Å². The second-order valence-electron chi connectivity index (χ2n) is 5.94. The maximum atomic E-state index is 9.95. The Labute approximate surface area is 129 Å². The smallest absolute Gasteiger partial charge is 0.119 e. The number of hydrogen-bond donors (Lipinski definition) is 2. The fourth-order valence-electron chi connectivity index (χ4n) is 2.27. The van der Waals surface area contributed by atoms with Crippen molar-refractivity contribution in [1.82, 2.24) is 5.32 Å². The number of aliphatic hydroxyl groups excluding tert-OH is 1. The maximum Gasteiger partial charge on any atom is 0.119 e. The van der Waals surface area contributed by atoms with Crippen molar-refractivity contribution in [3.63, 3.8) is 0 Å². The van der Waals surface area contributed by atoms with Crippen LogP contribution in [0.15, 0.2) is 24.3 Å². The van der Waals surface area contributed by atoms with E-state index in [0.717, 1.165) is 5.75 Å². The van der Waals surface area contributed by atoms with Crippen LogP contribution in [0.4, 0.5) is 0 Å². The largest absolute Gasteiger partial charge is 0.491 e. The molecule has 3 nitrogen and oxygen atoms in total. The zero-order valence-electron chi connectivity index (χ0n) is 13.8. The molecule has 0 aliphatic rings. The van der Waals surface area contributed by atoms with Gasteiger partial charge in [-0.05, 0) is 38.0 Å². The van der Waals surface area contributed by atoms with Gasteiger partial charge in [-0.25, -0.2) is 0 Å². The van der Waals surface area contributed by atoms with E-state index < -0.39 is 6.10 Å². The zero-order chi connectivity index (χ0) is 15.5. The van der Waals surface area contributed by atoms with Crippen LogP contribution in [0, 0.1) is 6.92 Å². The summed E-state index contributed by atoms with van der Waals surface area (Å²) in [7, 11) is 0. The summed E-state index contributed by atoms with van der Waals surface area (Å²) in [5.41, 5.74) is 1.17. The Morgan fingerprint density at radius 1 is 1.24 bits per heavy atom. The number of rotatable bonds is 11. The Morgan fingerprint density at radius 3 is 2.76 bits per heavy atom. The van der Waals surface area contributed by atoms with Gasteiger partial charge in [0.05, 0.1) is 0 Å². The first-order valence-corrected chi connectivity index (χ1v) is 8.22. The highest BCUT2D eigenvalue weighted by molar-refractivity contribution is 5.27. The summed E-state index contributed by atoms with van der Waals surface area (Å²) in [4.78, 5) is 0. The Kier molecular flexibility index (Phi) is 9.11. The molecule has 0 fully saturated rings. The van der Waals surface area contributed by atoms with Crippen molar-refractivity contribution in [2.75, 3.05) is 13.2 Å². The van der Waals surface area contributed by atoms with Gasteiger partial charge in [0.25, 0.3) is 0 Å². The maximum absolute atomic E-state index is 9.95. The van der Waals surface area contributed by atoms with E-state index in [1.165, 1.54) is 37.7 Å². The summed E-state index contributed by atoms with van der Waals surface area (Å²) in [6.45, 7) is 7.36. The van der Waals surface area contributed by atoms with Crippen LogP contribution in [0.5, 0.6) is 5.75 Å². The third-order valence-corrected chi connectivity index (χ3v) is 3.62. The molecule has 2 N–H and O–H groups in total. The number of benzene rings is 1. The van der Waals surface area contributed by atoms with E-state index in [2.05, 4.69) is 19.2 Å². The minimum absolute atomic E-state index is 0.332. The lowest BCUT2D eigenvalue weighted by Gasteiger charge is -2.17. The number of ether oxygens (including phenoxy) is 1. The number of unbranched alkanes of at least 4 members (excludes halogenated alkanes) is 3. The van der Waals surface area contributed by atoms with Gasteiger partial charge >= 0.3 is 0 Å². The quantitative estimate of drug-likeness (QED) is 0.612. The van der Waals surface area contributed by atoms with Gasteiger partial charge in [0.2, 0.25) is 0 Å². The summed E-state index contributed by atoms with van der Waals surface area (Å²) in [5, 5.41) is 13.3. The van der Waals surface area contributed by atoms with Crippen molar-refractivity contribution in [2.24, 2.45) is 0 Å². The first-order valence-electron chi connectivity index (χ1n) is 8.22. The average molecular weight is 293 g/mol. The number of hydrogen-bond acceptors (Lipinski definition) is 3. The van der Waals surface area contributed by atoms with Crippen LogP contribution in [0.25, 0.3) is 0 Å². The van der Waals surface area contributed by atoms with Crippen LogP contribution in [0.1, 0.15) is 51.5 Å². The van der Waals surface area contributed by atoms with Gasteiger partial charge in [0.1, 0.15) is 18.5 Å². The molecular formula is C18H31NO2. The molecule has 0 saturated carbocycles. The van der Waals surface area contributed by atoms with Gasteiger partial charge in [-0.2, -0.15) is 0 Å². The Hall–Kier alpha value is -1.06. The van der Waals surface area contributed by atoms with Gasteiger partial charge in [0.15, 0.2) is 0 Å². The molecule has 0 radical (unpaired) electrons. The Morgan fingerprint density at radius 2 is 2.05 bits per heavy atom.